The van der Waals surface area contributed by atoms with Crippen LogP contribution in [0.2, 0.25) is 0 Å². The molecule has 0 aromatic carbocycles. The Bertz CT molecular complexity index is 483. The molecule has 0 radical (unpaired) electrons. The Morgan fingerprint density at radius 2 is 2.45 bits per heavy atom. The Hall–Kier alpha value is -0.880. The van der Waals surface area contributed by atoms with Crippen molar-refractivity contribution in [3.05, 3.63) is 21.0 Å². The van der Waals surface area contributed by atoms with Crippen LogP contribution >= 0.6 is 15.9 Å². The van der Waals surface area contributed by atoms with Gasteiger partial charge in [-0.1, -0.05) is 6.92 Å². The minimum Gasteiger partial charge on any atom is -0.383 e. The SMILES string of the molecule is CCCn1ncc(NCCC2CCCNC2)c(Br)c1=O. The van der Waals surface area contributed by atoms with Gasteiger partial charge in [0.1, 0.15) is 4.47 Å². The molecule has 2 N–H and O–H groups in total. The minimum atomic E-state index is -0.0591. The number of anilines is 1. The molecule has 5 nitrogen and oxygen atoms in total. The molecule has 1 unspecified atom stereocenters. The summed E-state index contributed by atoms with van der Waals surface area (Å²) in [5.74, 6) is 0.739. The predicted octanol–water partition coefficient (Wildman–Crippen LogP) is 2.22. The highest BCUT2D eigenvalue weighted by atomic mass is 79.9. The van der Waals surface area contributed by atoms with Gasteiger partial charge in [-0.25, -0.2) is 4.68 Å². The first kappa shape index (κ1) is 15.5. The van der Waals surface area contributed by atoms with Gasteiger partial charge in [-0.05, 0) is 60.6 Å². The van der Waals surface area contributed by atoms with E-state index in [2.05, 4.69) is 31.7 Å². The number of aryl methyl sites for hydroxylation is 1. The number of hydrogen-bond acceptors (Lipinski definition) is 4. The zero-order valence-electron chi connectivity index (χ0n) is 12.0. The van der Waals surface area contributed by atoms with Crippen molar-refractivity contribution in [2.24, 2.45) is 5.92 Å². The second-order valence-electron chi connectivity index (χ2n) is 5.33. The maximum Gasteiger partial charge on any atom is 0.283 e. The van der Waals surface area contributed by atoms with Crippen LogP contribution in [-0.2, 0) is 6.54 Å². The van der Waals surface area contributed by atoms with Crippen LogP contribution in [0.4, 0.5) is 5.69 Å². The fourth-order valence-electron chi connectivity index (χ4n) is 2.54. The average molecular weight is 343 g/mol. The largest absolute Gasteiger partial charge is 0.383 e. The fraction of sp³-hybridized carbons (Fsp3) is 0.714. The molecule has 0 saturated carbocycles. The lowest BCUT2D eigenvalue weighted by molar-refractivity contribution is 0.364. The first-order valence-corrected chi connectivity index (χ1v) is 8.22. The van der Waals surface area contributed by atoms with Gasteiger partial charge in [0, 0.05) is 13.1 Å². The third-order valence-corrected chi connectivity index (χ3v) is 4.45. The second-order valence-corrected chi connectivity index (χ2v) is 6.12. The molecule has 112 valence electrons. The van der Waals surface area contributed by atoms with Crippen molar-refractivity contribution in [3.8, 4) is 0 Å². The molecule has 0 spiro atoms. The van der Waals surface area contributed by atoms with Crippen molar-refractivity contribution in [1.82, 2.24) is 15.1 Å². The van der Waals surface area contributed by atoms with Crippen molar-refractivity contribution in [1.29, 1.82) is 0 Å². The standard InChI is InChI=1S/C14H23BrN4O/c1-2-8-19-14(20)13(15)12(10-18-19)17-7-5-11-4-3-6-16-9-11/h10-11,16-17H,2-9H2,1H3. The van der Waals surface area contributed by atoms with Crippen LogP contribution < -0.4 is 16.2 Å². The maximum absolute atomic E-state index is 12.0. The van der Waals surface area contributed by atoms with Crippen molar-refractivity contribution < 1.29 is 0 Å². The molecule has 1 saturated heterocycles. The third kappa shape index (κ3) is 4.06. The van der Waals surface area contributed by atoms with Crippen LogP contribution in [0.1, 0.15) is 32.6 Å². The summed E-state index contributed by atoms with van der Waals surface area (Å²) in [4.78, 5) is 12.0. The molecule has 1 aliphatic rings. The van der Waals surface area contributed by atoms with Crippen molar-refractivity contribution in [2.75, 3.05) is 25.0 Å². The highest BCUT2D eigenvalue weighted by Crippen LogP contribution is 2.18. The molecule has 0 bridgehead atoms. The van der Waals surface area contributed by atoms with Gasteiger partial charge in [0.25, 0.3) is 5.56 Å². The highest BCUT2D eigenvalue weighted by molar-refractivity contribution is 9.10. The quantitative estimate of drug-likeness (QED) is 0.832. The van der Waals surface area contributed by atoms with Crippen LogP contribution in [0, 0.1) is 5.92 Å². The van der Waals surface area contributed by atoms with E-state index in [-0.39, 0.29) is 5.56 Å². The number of nitrogens with zero attached hydrogens (tertiary/aromatic N) is 2. The fourth-order valence-corrected chi connectivity index (χ4v) is 2.99. The molecule has 20 heavy (non-hydrogen) atoms. The molecule has 1 atom stereocenters. The van der Waals surface area contributed by atoms with Crippen LogP contribution in [0.25, 0.3) is 0 Å². The molecule has 2 heterocycles. The van der Waals surface area contributed by atoms with Crippen molar-refractivity contribution >= 4 is 21.6 Å². The average Bonchev–Trinajstić information content (AvgIpc) is 2.48. The van der Waals surface area contributed by atoms with Crippen LogP contribution in [0.5, 0.6) is 0 Å². The van der Waals surface area contributed by atoms with E-state index in [9.17, 15) is 4.79 Å². The Morgan fingerprint density at radius 1 is 1.60 bits per heavy atom. The van der Waals surface area contributed by atoms with Gasteiger partial charge in [-0.3, -0.25) is 4.79 Å². The Labute approximate surface area is 128 Å². The summed E-state index contributed by atoms with van der Waals surface area (Å²) in [6.07, 6.45) is 6.33. The summed E-state index contributed by atoms with van der Waals surface area (Å²) in [5, 5.41) is 10.9. The van der Waals surface area contributed by atoms with Gasteiger partial charge in [-0.2, -0.15) is 5.10 Å². The molecule has 6 heteroatoms. The molecular formula is C14H23BrN4O. The van der Waals surface area contributed by atoms with E-state index in [1.165, 1.54) is 17.5 Å². The van der Waals surface area contributed by atoms with E-state index in [0.717, 1.165) is 44.1 Å². The summed E-state index contributed by atoms with van der Waals surface area (Å²) < 4.78 is 2.09. The van der Waals surface area contributed by atoms with Gasteiger partial charge in [0.05, 0.1) is 11.9 Å². The Kier molecular flexibility index (Phi) is 6.04. The van der Waals surface area contributed by atoms with Crippen molar-refractivity contribution in [3.63, 3.8) is 0 Å². The van der Waals surface area contributed by atoms with E-state index in [0.29, 0.717) is 11.0 Å². The van der Waals surface area contributed by atoms with Crippen LogP contribution in [0.15, 0.2) is 15.5 Å². The van der Waals surface area contributed by atoms with E-state index in [4.69, 9.17) is 0 Å². The molecule has 0 aliphatic carbocycles. The van der Waals surface area contributed by atoms with E-state index in [1.54, 1.807) is 6.20 Å². The smallest absolute Gasteiger partial charge is 0.283 e. The summed E-state index contributed by atoms with van der Waals surface area (Å²) in [5.41, 5.74) is 0.738. The summed E-state index contributed by atoms with van der Waals surface area (Å²) in [7, 11) is 0. The predicted molar refractivity (Wildman–Crippen MR) is 85.2 cm³/mol. The topological polar surface area (TPSA) is 59.0 Å². The minimum absolute atomic E-state index is 0.0591. The summed E-state index contributed by atoms with van der Waals surface area (Å²) >= 11 is 3.38. The normalized spacial score (nSPS) is 19.0. The highest BCUT2D eigenvalue weighted by Gasteiger charge is 2.13. The number of rotatable bonds is 6. The van der Waals surface area contributed by atoms with Gasteiger partial charge < -0.3 is 10.6 Å². The van der Waals surface area contributed by atoms with Gasteiger partial charge >= 0.3 is 0 Å². The van der Waals surface area contributed by atoms with Gasteiger partial charge in [0.2, 0.25) is 0 Å². The zero-order valence-corrected chi connectivity index (χ0v) is 13.6. The third-order valence-electron chi connectivity index (χ3n) is 3.69. The lowest BCUT2D eigenvalue weighted by Gasteiger charge is -2.22. The van der Waals surface area contributed by atoms with Crippen LogP contribution in [-0.4, -0.2) is 29.4 Å². The van der Waals surface area contributed by atoms with Gasteiger partial charge in [0.15, 0.2) is 0 Å². The molecule has 1 aliphatic heterocycles. The number of hydrogen-bond donors (Lipinski definition) is 2. The molecular weight excluding hydrogens is 320 g/mol. The lowest BCUT2D eigenvalue weighted by Crippen LogP contribution is -2.31. The van der Waals surface area contributed by atoms with Crippen molar-refractivity contribution in [2.45, 2.75) is 39.2 Å². The van der Waals surface area contributed by atoms with Gasteiger partial charge in [-0.15, -0.1) is 0 Å². The first-order chi connectivity index (χ1) is 9.72. The number of piperidine rings is 1. The monoisotopic (exact) mass is 342 g/mol. The Balaban J connectivity index is 1.89. The summed E-state index contributed by atoms with van der Waals surface area (Å²) in [6.45, 7) is 5.83. The second kappa shape index (κ2) is 7.78. The number of nitrogens with one attached hydrogen (secondary N) is 2. The number of halogens is 1. The molecule has 1 aromatic rings. The number of aromatic nitrogens is 2. The lowest BCUT2D eigenvalue weighted by atomic mass is 9.96. The zero-order chi connectivity index (χ0) is 14.4. The van der Waals surface area contributed by atoms with E-state index < -0.39 is 0 Å². The first-order valence-electron chi connectivity index (χ1n) is 7.42. The molecule has 1 fully saturated rings. The molecule has 1 aromatic heterocycles. The van der Waals surface area contributed by atoms with E-state index >= 15 is 0 Å². The summed E-state index contributed by atoms with van der Waals surface area (Å²) in [6, 6.07) is 0. The molecule has 2 rings (SSSR count). The Morgan fingerprint density at radius 3 is 3.15 bits per heavy atom. The molecule has 0 amide bonds. The van der Waals surface area contributed by atoms with Crippen LogP contribution in [0.3, 0.4) is 0 Å². The van der Waals surface area contributed by atoms with E-state index in [1.807, 2.05) is 6.92 Å². The maximum atomic E-state index is 12.0.